The van der Waals surface area contributed by atoms with Crippen LogP contribution in [0.5, 0.6) is 23.0 Å². The summed E-state index contributed by atoms with van der Waals surface area (Å²) in [6.45, 7) is 2.28. The molecule has 1 aliphatic carbocycles. The molecule has 174 valence electrons. The van der Waals surface area contributed by atoms with Crippen molar-refractivity contribution in [2.45, 2.75) is 25.8 Å². The van der Waals surface area contributed by atoms with Crippen molar-refractivity contribution in [2.24, 2.45) is 5.92 Å². The molecule has 2 aliphatic rings. The lowest BCUT2D eigenvalue weighted by molar-refractivity contribution is 0.354. The van der Waals surface area contributed by atoms with Crippen LogP contribution in [0.1, 0.15) is 36.9 Å². The molecule has 6 nitrogen and oxygen atoms in total. The van der Waals surface area contributed by atoms with E-state index in [4.69, 9.17) is 31.2 Å². The van der Waals surface area contributed by atoms with Gasteiger partial charge in [0.2, 0.25) is 0 Å². The Morgan fingerprint density at radius 3 is 2.15 bits per heavy atom. The van der Waals surface area contributed by atoms with E-state index in [1.54, 1.807) is 28.4 Å². The summed E-state index contributed by atoms with van der Waals surface area (Å²) in [5.74, 6) is 3.33. The number of hydrogen-bond acceptors (Lipinski definition) is 5. The Balaban J connectivity index is 1.78. The highest BCUT2D eigenvalue weighted by molar-refractivity contribution is 7.80. The lowest BCUT2D eigenvalue weighted by atomic mass is 9.78. The van der Waals surface area contributed by atoms with Crippen molar-refractivity contribution in [1.82, 2.24) is 10.6 Å². The number of ether oxygens (including phenoxy) is 4. The second-order valence-electron chi connectivity index (χ2n) is 8.34. The maximum absolute atomic E-state index is 5.60. The number of nitrogens with one attached hydrogen (secondary N) is 2. The van der Waals surface area contributed by atoms with E-state index in [2.05, 4.69) is 29.7 Å². The zero-order chi connectivity index (χ0) is 23.5. The number of hydrogen-bond donors (Lipinski definition) is 2. The average molecular weight is 467 g/mol. The fraction of sp³-hybridized carbons (Fsp3) is 0.346. The molecule has 0 saturated carbocycles. The summed E-state index contributed by atoms with van der Waals surface area (Å²) in [5, 5.41) is 7.50. The van der Waals surface area contributed by atoms with Crippen molar-refractivity contribution >= 4 is 23.4 Å². The standard InChI is InChI=1S/C26H30N2O4S/c1-15-10-18(12-16-6-8-20(29-2)22(13-16)31-4)25-19(11-15)24(27-26(33)28-25)17-7-9-21(30-3)23(14-17)32-5/h6-9,12-15,24H,10-11H2,1-5H3,(H2,27,28,33). The minimum atomic E-state index is -0.0369. The smallest absolute Gasteiger partial charge is 0.171 e. The molecule has 1 aliphatic heterocycles. The van der Waals surface area contributed by atoms with Crippen LogP contribution in [0.15, 0.2) is 53.2 Å². The van der Waals surface area contributed by atoms with Gasteiger partial charge >= 0.3 is 0 Å². The van der Waals surface area contributed by atoms with Crippen molar-refractivity contribution in [3.8, 4) is 23.0 Å². The van der Waals surface area contributed by atoms with Gasteiger partial charge < -0.3 is 29.6 Å². The van der Waals surface area contributed by atoms with Crippen LogP contribution in [-0.2, 0) is 0 Å². The highest BCUT2D eigenvalue weighted by atomic mass is 32.1. The molecule has 2 unspecified atom stereocenters. The van der Waals surface area contributed by atoms with Gasteiger partial charge in [-0.2, -0.15) is 0 Å². The molecule has 0 amide bonds. The molecule has 33 heavy (non-hydrogen) atoms. The van der Waals surface area contributed by atoms with Crippen molar-refractivity contribution < 1.29 is 18.9 Å². The van der Waals surface area contributed by atoms with E-state index < -0.39 is 0 Å². The van der Waals surface area contributed by atoms with Gasteiger partial charge in [-0.3, -0.25) is 0 Å². The van der Waals surface area contributed by atoms with Crippen molar-refractivity contribution in [1.29, 1.82) is 0 Å². The summed E-state index contributed by atoms with van der Waals surface area (Å²) in [4.78, 5) is 0. The van der Waals surface area contributed by atoms with Crippen LogP contribution in [0.3, 0.4) is 0 Å². The Morgan fingerprint density at radius 1 is 0.848 bits per heavy atom. The number of benzene rings is 2. The topological polar surface area (TPSA) is 61.0 Å². The summed E-state index contributed by atoms with van der Waals surface area (Å²) < 4.78 is 21.8. The van der Waals surface area contributed by atoms with E-state index >= 15 is 0 Å². The molecule has 0 radical (unpaired) electrons. The molecular weight excluding hydrogens is 436 g/mol. The first-order valence-electron chi connectivity index (χ1n) is 10.9. The van der Waals surface area contributed by atoms with Crippen molar-refractivity contribution in [3.63, 3.8) is 0 Å². The fourth-order valence-corrected chi connectivity index (χ4v) is 4.84. The van der Waals surface area contributed by atoms with Crippen molar-refractivity contribution in [2.75, 3.05) is 28.4 Å². The Kier molecular flexibility index (Phi) is 6.79. The van der Waals surface area contributed by atoms with Gasteiger partial charge in [0.25, 0.3) is 0 Å². The molecule has 1 heterocycles. The molecule has 7 heteroatoms. The van der Waals surface area contributed by atoms with Crippen molar-refractivity contribution in [3.05, 3.63) is 64.4 Å². The van der Waals surface area contributed by atoms with Crippen LogP contribution >= 0.6 is 12.2 Å². The quantitative estimate of drug-likeness (QED) is 0.581. The van der Waals surface area contributed by atoms with Gasteiger partial charge in [0, 0.05) is 5.70 Å². The number of rotatable bonds is 6. The van der Waals surface area contributed by atoms with Gasteiger partial charge in [0.1, 0.15) is 0 Å². The summed E-state index contributed by atoms with van der Waals surface area (Å²) in [7, 11) is 6.59. The van der Waals surface area contributed by atoms with Crippen LogP contribution in [0.25, 0.3) is 6.08 Å². The first kappa shape index (κ1) is 23.0. The SMILES string of the molecule is COc1ccc(C=C2CC(C)CC3=C2NC(=S)NC3c2ccc(OC)c(OC)c2)cc1OC. The van der Waals surface area contributed by atoms with Crippen LogP contribution in [0.4, 0.5) is 0 Å². The predicted octanol–water partition coefficient (Wildman–Crippen LogP) is 5.01. The van der Waals surface area contributed by atoms with Crippen LogP contribution in [0.2, 0.25) is 0 Å². The molecular formula is C26H30N2O4S. The van der Waals surface area contributed by atoms with E-state index in [0.29, 0.717) is 34.0 Å². The maximum atomic E-state index is 5.60. The van der Waals surface area contributed by atoms with E-state index in [1.165, 1.54) is 11.1 Å². The zero-order valence-corrected chi connectivity index (χ0v) is 20.5. The van der Waals surface area contributed by atoms with E-state index in [-0.39, 0.29) is 6.04 Å². The normalized spacial score (nSPS) is 21.1. The van der Waals surface area contributed by atoms with Crippen LogP contribution in [-0.4, -0.2) is 33.6 Å². The monoisotopic (exact) mass is 466 g/mol. The Labute approximate surface area is 200 Å². The van der Waals surface area contributed by atoms with E-state index in [9.17, 15) is 0 Å². The Hall–Kier alpha value is -3.19. The fourth-order valence-electron chi connectivity index (χ4n) is 4.62. The largest absolute Gasteiger partial charge is 0.493 e. The minimum absolute atomic E-state index is 0.0369. The molecule has 0 saturated heterocycles. The Bertz CT molecular complexity index is 1130. The number of thiocarbonyl (C=S) groups is 1. The summed E-state index contributed by atoms with van der Waals surface area (Å²) in [6, 6.07) is 12.0. The summed E-state index contributed by atoms with van der Waals surface area (Å²) in [6.07, 6.45) is 4.14. The number of allylic oxidation sites excluding steroid dienone is 1. The third kappa shape index (κ3) is 4.64. The zero-order valence-electron chi connectivity index (χ0n) is 19.7. The highest BCUT2D eigenvalue weighted by Crippen LogP contribution is 2.43. The van der Waals surface area contributed by atoms with Gasteiger partial charge in [-0.1, -0.05) is 19.1 Å². The second-order valence-corrected chi connectivity index (χ2v) is 8.75. The highest BCUT2D eigenvalue weighted by Gasteiger charge is 2.33. The van der Waals surface area contributed by atoms with Crippen LogP contribution < -0.4 is 29.6 Å². The molecule has 2 aromatic carbocycles. The third-order valence-electron chi connectivity index (χ3n) is 6.13. The van der Waals surface area contributed by atoms with Crippen LogP contribution in [0, 0.1) is 5.92 Å². The molecule has 2 aromatic rings. The third-order valence-corrected chi connectivity index (χ3v) is 6.35. The lowest BCUT2D eigenvalue weighted by Gasteiger charge is -2.38. The molecule has 0 bridgehead atoms. The molecule has 0 fully saturated rings. The molecule has 2 N–H and O–H groups in total. The molecule has 2 atom stereocenters. The molecule has 0 aromatic heterocycles. The van der Waals surface area contributed by atoms with Gasteiger partial charge in [0.15, 0.2) is 28.1 Å². The number of methoxy groups -OCH3 is 4. The second kappa shape index (κ2) is 9.75. The Morgan fingerprint density at radius 2 is 1.48 bits per heavy atom. The van der Waals surface area contributed by atoms with Gasteiger partial charge in [-0.25, -0.2) is 0 Å². The average Bonchev–Trinajstić information content (AvgIpc) is 2.83. The lowest BCUT2D eigenvalue weighted by Crippen LogP contribution is -2.45. The minimum Gasteiger partial charge on any atom is -0.493 e. The predicted molar refractivity (Wildman–Crippen MR) is 134 cm³/mol. The summed E-state index contributed by atoms with van der Waals surface area (Å²) in [5.41, 5.74) is 5.76. The maximum Gasteiger partial charge on any atom is 0.171 e. The van der Waals surface area contributed by atoms with Gasteiger partial charge in [-0.05, 0) is 83.6 Å². The van der Waals surface area contributed by atoms with Gasteiger partial charge in [-0.15, -0.1) is 0 Å². The summed E-state index contributed by atoms with van der Waals surface area (Å²) >= 11 is 5.60. The first-order chi connectivity index (χ1) is 16.0. The molecule has 4 rings (SSSR count). The first-order valence-corrected chi connectivity index (χ1v) is 11.3. The van der Waals surface area contributed by atoms with E-state index in [1.807, 2.05) is 30.3 Å². The molecule has 0 spiro atoms. The van der Waals surface area contributed by atoms with Gasteiger partial charge in [0.05, 0.1) is 34.5 Å². The van der Waals surface area contributed by atoms with E-state index in [0.717, 1.165) is 29.7 Å².